The van der Waals surface area contributed by atoms with Crippen molar-refractivity contribution in [3.05, 3.63) is 71.8 Å². The van der Waals surface area contributed by atoms with Gasteiger partial charge in [-0.15, -0.1) is 0 Å². The van der Waals surface area contributed by atoms with Crippen LogP contribution in [0.1, 0.15) is 11.1 Å². The summed E-state index contributed by atoms with van der Waals surface area (Å²) < 4.78 is 16.6. The van der Waals surface area contributed by atoms with Gasteiger partial charge in [-0.25, -0.2) is 5.43 Å². The zero-order valence-corrected chi connectivity index (χ0v) is 15.4. The van der Waals surface area contributed by atoms with Crippen molar-refractivity contribution in [3.8, 4) is 11.5 Å². The van der Waals surface area contributed by atoms with Crippen LogP contribution in [-0.4, -0.2) is 26.0 Å². The van der Waals surface area contributed by atoms with Gasteiger partial charge in [-0.2, -0.15) is 5.10 Å². The zero-order valence-electron chi connectivity index (χ0n) is 15.4. The third kappa shape index (κ3) is 2.87. The van der Waals surface area contributed by atoms with Gasteiger partial charge in [0.15, 0.2) is 5.41 Å². The van der Waals surface area contributed by atoms with Crippen LogP contribution < -0.4 is 20.6 Å². The van der Waals surface area contributed by atoms with Gasteiger partial charge in [-0.1, -0.05) is 0 Å². The van der Waals surface area contributed by atoms with Crippen molar-refractivity contribution in [3.63, 3.8) is 0 Å². The number of amides is 1. The number of hydrazone groups is 1. The average Bonchev–Trinajstić information content (AvgIpc) is 3.01. The summed E-state index contributed by atoms with van der Waals surface area (Å²) in [7, 11) is 3.20. The number of methoxy groups -OCH3 is 2. The molecule has 0 fully saturated rings. The van der Waals surface area contributed by atoms with E-state index in [0.717, 1.165) is 22.6 Å². The Morgan fingerprint density at radius 1 is 0.893 bits per heavy atom. The maximum absolute atomic E-state index is 12.6. The van der Waals surface area contributed by atoms with E-state index >= 15 is 0 Å². The molecule has 0 aromatic heterocycles. The van der Waals surface area contributed by atoms with Crippen molar-refractivity contribution in [1.82, 2.24) is 5.43 Å². The smallest absolute Gasteiger partial charge is 0.262 e. The molecule has 7 heteroatoms. The Morgan fingerprint density at radius 3 is 1.71 bits per heavy atom. The van der Waals surface area contributed by atoms with Crippen LogP contribution in [0.3, 0.4) is 0 Å². The molecule has 1 amide bonds. The molecule has 1 spiro atoms. The van der Waals surface area contributed by atoms with E-state index in [9.17, 15) is 4.79 Å². The lowest BCUT2D eigenvalue weighted by atomic mass is 9.82. The monoisotopic (exact) mass is 377 g/mol. The van der Waals surface area contributed by atoms with Crippen LogP contribution in [0.2, 0.25) is 0 Å². The molecular formula is C21H19N3O4. The number of carbonyl (C=O) groups is 1. The highest BCUT2D eigenvalue weighted by Gasteiger charge is 2.46. The van der Waals surface area contributed by atoms with E-state index in [1.165, 1.54) is 0 Å². The van der Waals surface area contributed by atoms with Crippen molar-refractivity contribution in [2.75, 3.05) is 14.2 Å². The summed E-state index contributed by atoms with van der Waals surface area (Å²) in [5, 5.41) is 3.92. The molecule has 0 saturated heterocycles. The highest BCUT2D eigenvalue weighted by molar-refractivity contribution is 6.16. The number of hydrogen-bond acceptors (Lipinski definition) is 6. The average molecular weight is 377 g/mol. The van der Waals surface area contributed by atoms with Crippen molar-refractivity contribution < 1.29 is 19.0 Å². The molecule has 0 atom stereocenters. The molecule has 2 aliphatic heterocycles. The zero-order chi connectivity index (χ0) is 19.7. The van der Waals surface area contributed by atoms with E-state index in [1.54, 1.807) is 26.4 Å². The molecule has 2 aromatic carbocycles. The molecule has 7 nitrogen and oxygen atoms in total. The topological polar surface area (TPSA) is 95.2 Å². The number of nitrogens with two attached hydrogens (primary N) is 1. The number of amidine groups is 1. The highest BCUT2D eigenvalue weighted by atomic mass is 16.5. The predicted octanol–water partition coefficient (Wildman–Crippen LogP) is 2.50. The normalized spacial score (nSPS) is 17.2. The summed E-state index contributed by atoms with van der Waals surface area (Å²) in [6.07, 6.45) is 3.37. The molecule has 0 radical (unpaired) electrons. The Kier molecular flexibility index (Phi) is 4.27. The number of nitrogens with zero attached hydrogens (tertiary/aromatic N) is 1. The van der Waals surface area contributed by atoms with Gasteiger partial charge in [-0.3, -0.25) is 4.79 Å². The first-order valence-electron chi connectivity index (χ1n) is 8.62. The van der Waals surface area contributed by atoms with Gasteiger partial charge in [0.05, 0.1) is 14.2 Å². The van der Waals surface area contributed by atoms with Crippen LogP contribution in [0.5, 0.6) is 11.5 Å². The van der Waals surface area contributed by atoms with Crippen LogP contribution in [0.15, 0.2) is 65.8 Å². The predicted molar refractivity (Wildman–Crippen MR) is 105 cm³/mol. The molecule has 142 valence electrons. The molecule has 2 heterocycles. The quantitative estimate of drug-likeness (QED) is 0.854. The maximum atomic E-state index is 12.6. The van der Waals surface area contributed by atoms with E-state index in [0.29, 0.717) is 11.5 Å². The standard InChI is InChI=1S/C21H19N3O4/c1-26-15-7-3-13(4-8-15)17-11-21(19(22)23-24-20(21)25)12-18(28-17)14-5-9-16(27-2)10-6-14/h3-12H,1-2H3,(H2,22,23)(H,24,25). The van der Waals surface area contributed by atoms with E-state index in [2.05, 4.69) is 10.5 Å². The molecule has 3 N–H and O–H groups in total. The summed E-state index contributed by atoms with van der Waals surface area (Å²) >= 11 is 0. The highest BCUT2D eigenvalue weighted by Crippen LogP contribution is 2.40. The second-order valence-corrected chi connectivity index (χ2v) is 6.38. The van der Waals surface area contributed by atoms with E-state index < -0.39 is 5.41 Å². The summed E-state index contributed by atoms with van der Waals surface area (Å²) in [4.78, 5) is 12.6. The van der Waals surface area contributed by atoms with Crippen LogP contribution in [0.25, 0.3) is 11.5 Å². The van der Waals surface area contributed by atoms with Crippen molar-refractivity contribution in [1.29, 1.82) is 0 Å². The number of carbonyl (C=O) groups excluding carboxylic acids is 1. The Labute approximate surface area is 162 Å². The minimum absolute atomic E-state index is 0.165. The van der Waals surface area contributed by atoms with E-state index in [1.807, 2.05) is 48.5 Å². The van der Waals surface area contributed by atoms with Gasteiger partial charge in [0.2, 0.25) is 0 Å². The van der Waals surface area contributed by atoms with Crippen molar-refractivity contribution >= 4 is 23.3 Å². The first-order chi connectivity index (χ1) is 13.6. The van der Waals surface area contributed by atoms with Gasteiger partial charge < -0.3 is 19.9 Å². The van der Waals surface area contributed by atoms with E-state index in [4.69, 9.17) is 19.9 Å². The SMILES string of the molecule is COc1ccc(C2=CC3(C=C(c4ccc(OC)cc4)O2)C(=O)NN=C3N)cc1. The third-order valence-corrected chi connectivity index (χ3v) is 4.76. The van der Waals surface area contributed by atoms with E-state index in [-0.39, 0.29) is 11.7 Å². The molecule has 0 unspecified atom stereocenters. The lowest BCUT2D eigenvalue weighted by molar-refractivity contribution is -0.123. The Bertz CT molecular complexity index is 941. The maximum Gasteiger partial charge on any atom is 0.262 e. The summed E-state index contributed by atoms with van der Waals surface area (Å²) in [5.41, 5.74) is 8.90. The Hall–Kier alpha value is -3.74. The molecular weight excluding hydrogens is 358 g/mol. The fourth-order valence-corrected chi connectivity index (χ4v) is 3.12. The fraction of sp³-hybridized carbons (Fsp3) is 0.143. The van der Waals surface area contributed by atoms with Gasteiger partial charge in [-0.05, 0) is 60.7 Å². The molecule has 0 aliphatic carbocycles. The first-order valence-corrected chi connectivity index (χ1v) is 8.62. The number of hydrogen-bond donors (Lipinski definition) is 2. The molecule has 0 saturated carbocycles. The molecule has 2 aromatic rings. The van der Waals surface area contributed by atoms with Gasteiger partial charge in [0.1, 0.15) is 28.9 Å². The molecule has 28 heavy (non-hydrogen) atoms. The molecule has 4 rings (SSSR count). The summed E-state index contributed by atoms with van der Waals surface area (Å²) in [6.45, 7) is 0. The lowest BCUT2D eigenvalue weighted by Gasteiger charge is -2.27. The van der Waals surface area contributed by atoms with Crippen molar-refractivity contribution in [2.45, 2.75) is 0 Å². The second kappa shape index (κ2) is 6.77. The number of nitrogens with one attached hydrogen (secondary N) is 1. The molecule has 0 bridgehead atoms. The fourth-order valence-electron chi connectivity index (χ4n) is 3.12. The summed E-state index contributed by atoms with van der Waals surface area (Å²) in [5.74, 6) is 2.29. The Morgan fingerprint density at radius 2 is 1.36 bits per heavy atom. The summed E-state index contributed by atoms with van der Waals surface area (Å²) in [6, 6.07) is 14.7. The third-order valence-electron chi connectivity index (χ3n) is 4.76. The molecule has 2 aliphatic rings. The van der Waals surface area contributed by atoms with Gasteiger partial charge in [0.25, 0.3) is 5.91 Å². The number of benzene rings is 2. The Balaban J connectivity index is 1.80. The lowest BCUT2D eigenvalue weighted by Crippen LogP contribution is -2.40. The second-order valence-electron chi connectivity index (χ2n) is 6.38. The van der Waals surface area contributed by atoms with Crippen LogP contribution in [0, 0.1) is 5.41 Å². The van der Waals surface area contributed by atoms with Gasteiger partial charge >= 0.3 is 0 Å². The van der Waals surface area contributed by atoms with Crippen molar-refractivity contribution in [2.24, 2.45) is 16.3 Å². The van der Waals surface area contributed by atoms with Crippen LogP contribution in [0.4, 0.5) is 0 Å². The van der Waals surface area contributed by atoms with Crippen LogP contribution in [-0.2, 0) is 9.53 Å². The number of ether oxygens (including phenoxy) is 3. The minimum atomic E-state index is -1.21. The number of rotatable bonds is 4. The van der Waals surface area contributed by atoms with Crippen LogP contribution >= 0.6 is 0 Å². The minimum Gasteiger partial charge on any atom is -0.497 e. The van der Waals surface area contributed by atoms with Gasteiger partial charge in [0, 0.05) is 11.1 Å². The first kappa shape index (κ1) is 17.7. The largest absolute Gasteiger partial charge is 0.497 e.